The molecule has 1 atom stereocenters. The van der Waals surface area contributed by atoms with Gasteiger partial charge in [0, 0.05) is 4.47 Å². The largest absolute Gasteiger partial charge is 0.507 e. The summed E-state index contributed by atoms with van der Waals surface area (Å²) in [4.78, 5) is 12.3. The maximum atomic E-state index is 13.5. The number of hydrogen-bond acceptors (Lipinski definition) is 3. The summed E-state index contributed by atoms with van der Waals surface area (Å²) >= 11 is 3.10. The zero-order valence-electron chi connectivity index (χ0n) is 12.6. The molecule has 0 aliphatic heterocycles. The van der Waals surface area contributed by atoms with Crippen molar-refractivity contribution in [3.05, 3.63) is 63.6 Å². The molecule has 7 heteroatoms. The first-order chi connectivity index (χ1) is 11.0. The first-order valence-electron chi connectivity index (χ1n) is 6.92. The third kappa shape index (κ3) is 3.62. The van der Waals surface area contributed by atoms with Crippen molar-refractivity contribution in [2.24, 2.45) is 0 Å². The summed E-state index contributed by atoms with van der Waals surface area (Å²) in [5, 5.41) is 20.0. The minimum absolute atomic E-state index is 0.255. The Hall–Kier alpha value is -1.86. The number of aliphatic hydroxyl groups is 1. The molecule has 2 N–H and O–H groups in total. The molecule has 0 amide bonds. The first kappa shape index (κ1) is 18.5. The van der Waals surface area contributed by atoms with Crippen LogP contribution in [-0.4, -0.2) is 22.2 Å². The summed E-state index contributed by atoms with van der Waals surface area (Å²) in [6.45, 7) is 1.64. The van der Waals surface area contributed by atoms with Crippen molar-refractivity contribution in [3.63, 3.8) is 0 Å². The predicted octanol–water partition coefficient (Wildman–Crippen LogP) is 4.49. The van der Waals surface area contributed by atoms with E-state index < -0.39 is 35.3 Å². The topological polar surface area (TPSA) is 57.5 Å². The van der Waals surface area contributed by atoms with Crippen LogP contribution in [0.1, 0.15) is 27.9 Å². The molecule has 0 aliphatic carbocycles. The van der Waals surface area contributed by atoms with Gasteiger partial charge in [-0.2, -0.15) is 13.2 Å². The molecule has 0 aromatic heterocycles. The number of rotatable bonds is 4. The standard InChI is InChI=1S/C17H14BrF3O3/c1-10-2-7-14(22)13(8-10)15(23)9-16(24,17(19,20)21)11-3-5-12(18)6-4-11/h2-8,22,24H,9H2,1H3/t16-/m0/s1. The number of aromatic hydroxyl groups is 1. The summed E-state index contributed by atoms with van der Waals surface area (Å²) in [7, 11) is 0. The van der Waals surface area contributed by atoms with Crippen LogP contribution < -0.4 is 0 Å². The van der Waals surface area contributed by atoms with Crippen LogP contribution >= 0.6 is 15.9 Å². The van der Waals surface area contributed by atoms with Crippen LogP contribution in [0.4, 0.5) is 13.2 Å². The molecule has 0 spiro atoms. The van der Waals surface area contributed by atoms with Gasteiger partial charge in [0.15, 0.2) is 11.4 Å². The Morgan fingerprint density at radius 3 is 2.25 bits per heavy atom. The van der Waals surface area contributed by atoms with Gasteiger partial charge in [-0.1, -0.05) is 39.7 Å². The van der Waals surface area contributed by atoms with E-state index in [1.807, 2.05) is 0 Å². The van der Waals surface area contributed by atoms with Crippen LogP contribution in [0.2, 0.25) is 0 Å². The second kappa shape index (κ2) is 6.57. The van der Waals surface area contributed by atoms with Gasteiger partial charge in [0.05, 0.1) is 12.0 Å². The van der Waals surface area contributed by atoms with Gasteiger partial charge in [0.2, 0.25) is 0 Å². The fraction of sp³-hybridized carbons (Fsp3) is 0.235. The lowest BCUT2D eigenvalue weighted by atomic mass is 9.86. The van der Waals surface area contributed by atoms with Gasteiger partial charge >= 0.3 is 6.18 Å². The number of carbonyl (C=O) groups excluding carboxylic acids is 1. The molecule has 3 nitrogen and oxygen atoms in total. The molecule has 0 heterocycles. The Morgan fingerprint density at radius 2 is 1.71 bits per heavy atom. The zero-order valence-corrected chi connectivity index (χ0v) is 14.1. The lowest BCUT2D eigenvalue weighted by Gasteiger charge is -2.30. The molecule has 24 heavy (non-hydrogen) atoms. The Labute approximate surface area is 144 Å². The number of hydrogen-bond donors (Lipinski definition) is 2. The van der Waals surface area contributed by atoms with Crippen molar-refractivity contribution >= 4 is 21.7 Å². The van der Waals surface area contributed by atoms with Gasteiger partial charge in [0.25, 0.3) is 0 Å². The van der Waals surface area contributed by atoms with E-state index in [1.54, 1.807) is 6.92 Å². The normalized spacial score (nSPS) is 14.2. The predicted molar refractivity (Wildman–Crippen MR) is 85.9 cm³/mol. The van der Waals surface area contributed by atoms with E-state index >= 15 is 0 Å². The SMILES string of the molecule is Cc1ccc(O)c(C(=O)C[C@](O)(c2ccc(Br)cc2)C(F)(F)F)c1. The van der Waals surface area contributed by atoms with Crippen molar-refractivity contribution in [2.45, 2.75) is 25.1 Å². The van der Waals surface area contributed by atoms with Gasteiger partial charge in [-0.25, -0.2) is 0 Å². The van der Waals surface area contributed by atoms with E-state index in [2.05, 4.69) is 15.9 Å². The lowest BCUT2D eigenvalue weighted by Crippen LogP contribution is -2.44. The Balaban J connectivity index is 2.45. The molecule has 0 aliphatic rings. The molecule has 0 fully saturated rings. The summed E-state index contributed by atoms with van der Waals surface area (Å²) in [5.74, 6) is -1.43. The molecular weight excluding hydrogens is 389 g/mol. The third-order valence-electron chi connectivity index (χ3n) is 3.66. The number of halogens is 4. The van der Waals surface area contributed by atoms with E-state index in [1.165, 1.54) is 30.3 Å². The average Bonchev–Trinajstić information content (AvgIpc) is 2.49. The van der Waals surface area contributed by atoms with E-state index in [4.69, 9.17) is 0 Å². The second-order valence-corrected chi connectivity index (χ2v) is 6.40. The Kier molecular flexibility index (Phi) is 5.05. The van der Waals surface area contributed by atoms with Gasteiger partial charge in [-0.3, -0.25) is 4.79 Å². The number of benzene rings is 2. The van der Waals surface area contributed by atoms with E-state index in [-0.39, 0.29) is 5.56 Å². The van der Waals surface area contributed by atoms with Gasteiger partial charge in [-0.15, -0.1) is 0 Å². The molecular formula is C17H14BrF3O3. The monoisotopic (exact) mass is 402 g/mol. The molecule has 0 unspecified atom stereocenters. The maximum Gasteiger partial charge on any atom is 0.421 e. The van der Waals surface area contributed by atoms with Crippen molar-refractivity contribution in [1.29, 1.82) is 0 Å². The van der Waals surface area contributed by atoms with Crippen LogP contribution in [0.25, 0.3) is 0 Å². The summed E-state index contributed by atoms with van der Waals surface area (Å²) in [6.07, 6.45) is -6.29. The fourth-order valence-corrected chi connectivity index (χ4v) is 2.56. The summed E-state index contributed by atoms with van der Waals surface area (Å²) < 4.78 is 41.0. The molecule has 128 valence electrons. The highest BCUT2D eigenvalue weighted by Gasteiger charge is 2.56. The van der Waals surface area contributed by atoms with Crippen LogP contribution in [0.5, 0.6) is 5.75 Å². The number of phenols is 1. The number of aryl methyl sites for hydroxylation is 1. The molecule has 0 bridgehead atoms. The highest BCUT2D eigenvalue weighted by atomic mass is 79.9. The fourth-order valence-electron chi connectivity index (χ4n) is 2.29. The minimum Gasteiger partial charge on any atom is -0.507 e. The van der Waals surface area contributed by atoms with Crippen LogP contribution in [0.15, 0.2) is 46.9 Å². The molecule has 2 aromatic rings. The van der Waals surface area contributed by atoms with Crippen LogP contribution in [0.3, 0.4) is 0 Å². The number of alkyl halides is 3. The quantitative estimate of drug-likeness (QED) is 0.740. The Bertz CT molecular complexity index is 757. The van der Waals surface area contributed by atoms with Crippen molar-refractivity contribution in [2.75, 3.05) is 0 Å². The highest BCUT2D eigenvalue weighted by Crippen LogP contribution is 2.43. The summed E-state index contributed by atoms with van der Waals surface area (Å²) in [6, 6.07) is 8.94. The molecule has 0 saturated carbocycles. The van der Waals surface area contributed by atoms with Crippen LogP contribution in [-0.2, 0) is 5.60 Å². The van der Waals surface area contributed by atoms with Gasteiger partial charge < -0.3 is 10.2 Å². The smallest absolute Gasteiger partial charge is 0.421 e. The van der Waals surface area contributed by atoms with Crippen molar-refractivity contribution in [3.8, 4) is 5.75 Å². The Morgan fingerprint density at radius 1 is 1.12 bits per heavy atom. The maximum absolute atomic E-state index is 13.5. The minimum atomic E-state index is -5.06. The molecule has 2 aromatic carbocycles. The molecule has 0 radical (unpaired) electrons. The third-order valence-corrected chi connectivity index (χ3v) is 4.19. The molecule has 2 rings (SSSR count). The lowest BCUT2D eigenvalue weighted by molar-refractivity contribution is -0.264. The average molecular weight is 403 g/mol. The first-order valence-corrected chi connectivity index (χ1v) is 7.72. The van der Waals surface area contributed by atoms with E-state index in [0.717, 1.165) is 12.1 Å². The van der Waals surface area contributed by atoms with Crippen molar-refractivity contribution < 1.29 is 28.2 Å². The number of Topliss-reactive ketones (excluding diaryl/α,β-unsaturated/α-hetero) is 1. The van der Waals surface area contributed by atoms with E-state index in [0.29, 0.717) is 10.0 Å². The van der Waals surface area contributed by atoms with Gasteiger partial charge in [0.1, 0.15) is 5.75 Å². The number of phenolic OH excluding ortho intramolecular Hbond substituents is 1. The van der Waals surface area contributed by atoms with Crippen molar-refractivity contribution in [1.82, 2.24) is 0 Å². The van der Waals surface area contributed by atoms with Crippen LogP contribution in [0, 0.1) is 6.92 Å². The molecule has 0 saturated heterocycles. The summed E-state index contributed by atoms with van der Waals surface area (Å²) in [5.41, 5.74) is -3.44. The number of ketones is 1. The van der Waals surface area contributed by atoms with E-state index in [9.17, 15) is 28.2 Å². The second-order valence-electron chi connectivity index (χ2n) is 5.49. The zero-order chi connectivity index (χ0) is 18.1. The number of carbonyl (C=O) groups is 1. The van der Waals surface area contributed by atoms with Gasteiger partial charge in [-0.05, 0) is 36.8 Å². The highest BCUT2D eigenvalue weighted by molar-refractivity contribution is 9.10.